The standard InChI is InChI=1S/C48H34/c1-31-11-15-35(16-12-31)39-23-25-43-45(29-39)47(41-21-19-33-7-3-5-9-37(33)27-41)44-26-24-40(36-17-13-32(2)14-18-36)30-46(44)48(43)42-22-20-34-8-4-6-10-38(34)28-42/h3-30H,1-2H3. The van der Waals surface area contributed by atoms with Crippen molar-refractivity contribution in [2.75, 3.05) is 0 Å². The van der Waals surface area contributed by atoms with Crippen LogP contribution < -0.4 is 0 Å². The number of fused-ring (bicyclic) bond motifs is 4. The third-order valence-electron chi connectivity index (χ3n) is 9.96. The van der Waals surface area contributed by atoms with E-state index in [-0.39, 0.29) is 0 Å². The molecular formula is C48H34. The molecular weight excluding hydrogens is 577 g/mol. The molecule has 0 N–H and O–H groups in total. The molecule has 0 amide bonds. The lowest BCUT2D eigenvalue weighted by Gasteiger charge is -2.20. The van der Waals surface area contributed by atoms with E-state index in [4.69, 9.17) is 0 Å². The van der Waals surface area contributed by atoms with E-state index in [9.17, 15) is 0 Å². The van der Waals surface area contributed by atoms with Gasteiger partial charge in [0.2, 0.25) is 0 Å². The molecule has 0 radical (unpaired) electrons. The molecule has 0 aliphatic heterocycles. The fourth-order valence-corrected chi connectivity index (χ4v) is 7.39. The molecule has 9 aromatic rings. The first-order chi connectivity index (χ1) is 23.6. The lowest BCUT2D eigenvalue weighted by atomic mass is 9.83. The zero-order valence-electron chi connectivity index (χ0n) is 27.2. The Labute approximate surface area is 281 Å². The Morgan fingerprint density at radius 3 is 1.02 bits per heavy atom. The summed E-state index contributed by atoms with van der Waals surface area (Å²) in [5, 5.41) is 10.1. The van der Waals surface area contributed by atoms with E-state index < -0.39 is 0 Å². The van der Waals surface area contributed by atoms with Crippen LogP contribution in [0.3, 0.4) is 0 Å². The van der Waals surface area contributed by atoms with Crippen LogP contribution >= 0.6 is 0 Å². The average molecular weight is 611 g/mol. The van der Waals surface area contributed by atoms with Gasteiger partial charge in [-0.2, -0.15) is 0 Å². The molecule has 0 saturated carbocycles. The Morgan fingerprint density at radius 2 is 0.604 bits per heavy atom. The Balaban J connectivity index is 1.42. The van der Waals surface area contributed by atoms with E-state index >= 15 is 0 Å². The number of hydrogen-bond acceptors (Lipinski definition) is 0. The Kier molecular flexibility index (Phi) is 6.69. The number of aryl methyl sites for hydroxylation is 2. The molecule has 0 fully saturated rings. The summed E-state index contributed by atoms with van der Waals surface area (Å²) in [6.07, 6.45) is 0. The molecule has 0 aromatic heterocycles. The third kappa shape index (κ3) is 4.86. The van der Waals surface area contributed by atoms with Crippen LogP contribution in [0.2, 0.25) is 0 Å². The maximum atomic E-state index is 2.42. The summed E-state index contributed by atoms with van der Waals surface area (Å²) < 4.78 is 0. The maximum absolute atomic E-state index is 2.42. The van der Waals surface area contributed by atoms with Gasteiger partial charge in [0.15, 0.2) is 0 Å². The molecule has 0 spiro atoms. The topological polar surface area (TPSA) is 0 Å². The van der Waals surface area contributed by atoms with Gasteiger partial charge in [0.25, 0.3) is 0 Å². The Bertz CT molecular complexity index is 2470. The summed E-state index contributed by atoms with van der Waals surface area (Å²) >= 11 is 0. The molecule has 226 valence electrons. The predicted molar refractivity (Wildman–Crippen MR) is 208 cm³/mol. The normalized spacial score (nSPS) is 11.5. The lowest BCUT2D eigenvalue weighted by molar-refractivity contribution is 1.47. The van der Waals surface area contributed by atoms with E-state index in [1.807, 2.05) is 0 Å². The van der Waals surface area contributed by atoms with Crippen molar-refractivity contribution in [3.8, 4) is 44.5 Å². The van der Waals surface area contributed by atoms with Gasteiger partial charge in [0.05, 0.1) is 0 Å². The number of hydrogen-bond donors (Lipinski definition) is 0. The highest BCUT2D eigenvalue weighted by molar-refractivity contribution is 6.23. The van der Waals surface area contributed by atoms with Crippen LogP contribution in [0.5, 0.6) is 0 Å². The maximum Gasteiger partial charge on any atom is -0.00259 e. The predicted octanol–water partition coefficient (Wildman–Crippen LogP) is 13.6. The molecule has 0 heteroatoms. The summed E-state index contributed by atoms with van der Waals surface area (Å²) in [5.74, 6) is 0. The smallest absolute Gasteiger partial charge is 0.00259 e. The molecule has 0 bridgehead atoms. The fourth-order valence-electron chi connectivity index (χ4n) is 7.39. The molecule has 0 aliphatic rings. The summed E-state index contributed by atoms with van der Waals surface area (Å²) in [6, 6.07) is 63.2. The minimum atomic E-state index is 1.23. The Hall–Kier alpha value is -5.98. The van der Waals surface area contributed by atoms with Crippen molar-refractivity contribution in [2.45, 2.75) is 13.8 Å². The summed E-state index contributed by atoms with van der Waals surface area (Å²) in [5.41, 5.74) is 12.5. The van der Waals surface area contributed by atoms with Crippen LogP contribution in [0.1, 0.15) is 11.1 Å². The fraction of sp³-hybridized carbons (Fsp3) is 0.0417. The molecule has 9 rings (SSSR count). The van der Waals surface area contributed by atoms with E-state index in [0.717, 1.165) is 0 Å². The summed E-state index contributed by atoms with van der Waals surface area (Å²) in [6.45, 7) is 4.30. The zero-order chi connectivity index (χ0) is 32.2. The average Bonchev–Trinajstić information content (AvgIpc) is 3.13. The number of rotatable bonds is 4. The first-order valence-corrected chi connectivity index (χ1v) is 16.7. The van der Waals surface area contributed by atoms with E-state index in [1.54, 1.807) is 0 Å². The summed E-state index contributed by atoms with van der Waals surface area (Å²) in [7, 11) is 0. The van der Waals surface area contributed by atoms with E-state index in [2.05, 4.69) is 184 Å². The van der Waals surface area contributed by atoms with Crippen molar-refractivity contribution < 1.29 is 0 Å². The van der Waals surface area contributed by atoms with Crippen LogP contribution in [0, 0.1) is 13.8 Å². The molecule has 0 heterocycles. The van der Waals surface area contributed by atoms with Crippen LogP contribution in [0.25, 0.3) is 87.6 Å². The van der Waals surface area contributed by atoms with Crippen molar-refractivity contribution in [3.05, 3.63) is 181 Å². The second-order valence-corrected chi connectivity index (χ2v) is 13.1. The van der Waals surface area contributed by atoms with Gasteiger partial charge in [-0.3, -0.25) is 0 Å². The summed E-state index contributed by atoms with van der Waals surface area (Å²) in [4.78, 5) is 0. The first-order valence-electron chi connectivity index (χ1n) is 16.7. The lowest BCUT2D eigenvalue weighted by Crippen LogP contribution is -1.93. The monoisotopic (exact) mass is 610 g/mol. The molecule has 48 heavy (non-hydrogen) atoms. The van der Waals surface area contributed by atoms with Crippen LogP contribution in [-0.4, -0.2) is 0 Å². The molecule has 0 unspecified atom stereocenters. The molecule has 0 atom stereocenters. The third-order valence-corrected chi connectivity index (χ3v) is 9.96. The van der Waals surface area contributed by atoms with E-state index in [1.165, 1.54) is 98.7 Å². The SMILES string of the molecule is Cc1ccc(-c2ccc3c(-c4ccc5ccccc5c4)c4cc(-c5ccc(C)cc5)ccc4c(-c4ccc5ccccc5c4)c3c2)cc1. The quantitative estimate of drug-likeness (QED) is 0.174. The van der Waals surface area contributed by atoms with Gasteiger partial charge in [-0.15, -0.1) is 0 Å². The van der Waals surface area contributed by atoms with Gasteiger partial charge in [-0.25, -0.2) is 0 Å². The second kappa shape index (κ2) is 11.4. The van der Waals surface area contributed by atoms with Crippen LogP contribution in [-0.2, 0) is 0 Å². The van der Waals surface area contributed by atoms with Crippen molar-refractivity contribution >= 4 is 43.1 Å². The molecule has 0 saturated heterocycles. The van der Waals surface area contributed by atoms with Crippen LogP contribution in [0.15, 0.2) is 170 Å². The number of benzene rings is 9. The van der Waals surface area contributed by atoms with Crippen molar-refractivity contribution in [1.29, 1.82) is 0 Å². The van der Waals surface area contributed by atoms with Gasteiger partial charge in [0.1, 0.15) is 0 Å². The van der Waals surface area contributed by atoms with Crippen molar-refractivity contribution in [3.63, 3.8) is 0 Å². The van der Waals surface area contributed by atoms with Gasteiger partial charge in [0, 0.05) is 0 Å². The molecule has 9 aromatic carbocycles. The highest BCUT2D eigenvalue weighted by Crippen LogP contribution is 2.46. The minimum absolute atomic E-state index is 1.23. The molecule has 0 aliphatic carbocycles. The Morgan fingerprint density at radius 1 is 0.250 bits per heavy atom. The van der Waals surface area contributed by atoms with E-state index in [0.29, 0.717) is 0 Å². The first kappa shape index (κ1) is 28.3. The van der Waals surface area contributed by atoms with Gasteiger partial charge in [-0.05, 0) is 126 Å². The van der Waals surface area contributed by atoms with Gasteiger partial charge in [-0.1, -0.05) is 157 Å². The minimum Gasteiger partial charge on any atom is -0.0616 e. The molecule has 0 nitrogen and oxygen atoms in total. The van der Waals surface area contributed by atoms with Crippen molar-refractivity contribution in [2.24, 2.45) is 0 Å². The van der Waals surface area contributed by atoms with Gasteiger partial charge >= 0.3 is 0 Å². The highest BCUT2D eigenvalue weighted by atomic mass is 14.2. The van der Waals surface area contributed by atoms with Crippen molar-refractivity contribution in [1.82, 2.24) is 0 Å². The second-order valence-electron chi connectivity index (χ2n) is 13.1. The van der Waals surface area contributed by atoms with Crippen LogP contribution in [0.4, 0.5) is 0 Å². The zero-order valence-corrected chi connectivity index (χ0v) is 27.2. The highest BCUT2D eigenvalue weighted by Gasteiger charge is 2.19. The van der Waals surface area contributed by atoms with Gasteiger partial charge < -0.3 is 0 Å². The largest absolute Gasteiger partial charge is 0.0616 e.